The number of primary amides is 2. The summed E-state index contributed by atoms with van der Waals surface area (Å²) >= 11 is 0. The van der Waals surface area contributed by atoms with Gasteiger partial charge in [-0.05, 0) is 43.9 Å². The largest absolute Gasteiger partial charge is 0.481 e. The first-order valence-corrected chi connectivity index (χ1v) is 17.9. The van der Waals surface area contributed by atoms with E-state index in [1.54, 1.807) is 0 Å². The first kappa shape index (κ1) is 45.3. The molecular formula is C34H59N9O9. The van der Waals surface area contributed by atoms with E-state index in [1.165, 1.54) is 14.0 Å². The van der Waals surface area contributed by atoms with Crippen LogP contribution in [0, 0.1) is 23.2 Å². The van der Waals surface area contributed by atoms with Crippen molar-refractivity contribution in [3.63, 3.8) is 0 Å². The van der Waals surface area contributed by atoms with Crippen LogP contribution in [-0.4, -0.2) is 101 Å². The summed E-state index contributed by atoms with van der Waals surface area (Å²) < 4.78 is 0. The lowest BCUT2D eigenvalue weighted by atomic mass is 9.84. The highest BCUT2D eigenvalue weighted by Gasteiger charge is 2.37. The predicted molar refractivity (Wildman–Crippen MR) is 191 cm³/mol. The molecule has 1 fully saturated rings. The molecule has 12 N–H and O–H groups in total. The van der Waals surface area contributed by atoms with E-state index in [0.29, 0.717) is 6.42 Å². The Balaban J connectivity index is 3.40. The van der Waals surface area contributed by atoms with Crippen LogP contribution >= 0.6 is 0 Å². The van der Waals surface area contributed by atoms with Gasteiger partial charge < -0.3 is 48.5 Å². The second-order valence-electron chi connectivity index (χ2n) is 14.1. The van der Waals surface area contributed by atoms with Crippen LogP contribution in [0.5, 0.6) is 0 Å². The van der Waals surface area contributed by atoms with Crippen LogP contribution in [0.2, 0.25) is 0 Å². The second kappa shape index (κ2) is 22.9. The highest BCUT2D eigenvalue weighted by atomic mass is 16.4. The van der Waals surface area contributed by atoms with E-state index in [4.69, 9.17) is 22.6 Å². The Hall–Kier alpha value is -4.77. The summed E-state index contributed by atoms with van der Waals surface area (Å²) in [7, 11) is 1.24. The van der Waals surface area contributed by atoms with Crippen LogP contribution in [-0.2, 0) is 38.4 Å². The number of likely N-dealkylation sites (N-methyl/N-ethyl adjacent to an activating group) is 1. The molecule has 0 unspecified atom stereocenters. The van der Waals surface area contributed by atoms with Crippen LogP contribution < -0.4 is 38.5 Å². The molecule has 1 aliphatic rings. The summed E-state index contributed by atoms with van der Waals surface area (Å²) in [5.74, 6) is -7.73. The highest BCUT2D eigenvalue weighted by molar-refractivity contribution is 5.97. The number of guanidine groups is 1. The number of nitrogens with one attached hydrogen (secondary N) is 5. The number of Topliss-reactive ketones (excluding diaryl/α,β-unsaturated/α-hetero) is 1. The molecule has 0 aliphatic heterocycles. The zero-order chi connectivity index (χ0) is 39.5. The molecule has 0 radical (unpaired) electrons. The molecule has 0 aromatic heterocycles. The maximum absolute atomic E-state index is 14.1. The Morgan fingerprint density at radius 2 is 1.46 bits per heavy atom. The van der Waals surface area contributed by atoms with Crippen molar-refractivity contribution in [3.05, 3.63) is 0 Å². The standard InChI is InChI=1S/C34H59N9O9/c1-19(2)15-24(30(36)49)41-32(51)26(18-29(47)48)43(4)33(52)25(16-21-9-6-5-7-10-21)42-31(50)22(12-13-28(35)46)17-27(45)23(40-20(3)44)11-8-14-39-34(37)38/h19,21-26H,5-18H2,1-4H3,(H2,35,46)(H2,36,49)(H,40,44)(H,41,51)(H,42,50)(H,47,48)(H4,37,38,39)/t22-,23+,24+,25+,26+/m1/s1. The number of rotatable bonds is 24. The van der Waals surface area contributed by atoms with Crippen molar-refractivity contribution >= 4 is 53.2 Å². The van der Waals surface area contributed by atoms with Gasteiger partial charge in [-0.25, -0.2) is 0 Å². The Morgan fingerprint density at radius 3 is 1.98 bits per heavy atom. The van der Waals surface area contributed by atoms with E-state index in [9.17, 15) is 43.5 Å². The van der Waals surface area contributed by atoms with Gasteiger partial charge in [0.25, 0.3) is 0 Å². The molecule has 18 nitrogen and oxygen atoms in total. The van der Waals surface area contributed by atoms with E-state index in [0.717, 1.165) is 37.0 Å². The predicted octanol–water partition coefficient (Wildman–Crippen LogP) is -0.632. The third kappa shape index (κ3) is 17.4. The number of carboxylic acids is 1. The molecule has 0 bridgehead atoms. The van der Waals surface area contributed by atoms with Gasteiger partial charge in [-0.15, -0.1) is 0 Å². The molecule has 5 atom stereocenters. The van der Waals surface area contributed by atoms with Gasteiger partial charge in [0.15, 0.2) is 11.7 Å². The summed E-state index contributed by atoms with van der Waals surface area (Å²) in [4.78, 5) is 103. The number of hydrogen-bond acceptors (Lipinski definition) is 9. The van der Waals surface area contributed by atoms with Gasteiger partial charge in [0.1, 0.15) is 18.1 Å². The molecule has 1 aliphatic carbocycles. The average molecular weight is 738 g/mol. The third-order valence-electron chi connectivity index (χ3n) is 9.07. The molecular weight excluding hydrogens is 678 g/mol. The topological polar surface area (TPSA) is 310 Å². The Morgan fingerprint density at radius 1 is 0.846 bits per heavy atom. The van der Waals surface area contributed by atoms with Crippen molar-refractivity contribution in [2.24, 2.45) is 35.0 Å². The number of aliphatic carboxylic acids is 1. The van der Waals surface area contributed by atoms with Crippen LogP contribution in [0.15, 0.2) is 0 Å². The normalized spacial score (nSPS) is 15.9. The van der Waals surface area contributed by atoms with Crippen LogP contribution in [0.1, 0.15) is 104 Å². The van der Waals surface area contributed by atoms with Crippen molar-refractivity contribution in [2.75, 3.05) is 13.6 Å². The second-order valence-corrected chi connectivity index (χ2v) is 14.1. The van der Waals surface area contributed by atoms with Crippen molar-refractivity contribution < 1.29 is 43.5 Å². The molecule has 18 heteroatoms. The smallest absolute Gasteiger partial charge is 0.305 e. The molecule has 294 valence electrons. The minimum atomic E-state index is -1.56. The number of hydrogen-bond donors (Lipinski definition) is 9. The van der Waals surface area contributed by atoms with Gasteiger partial charge in [-0.2, -0.15) is 0 Å². The van der Waals surface area contributed by atoms with Gasteiger partial charge >= 0.3 is 5.97 Å². The summed E-state index contributed by atoms with van der Waals surface area (Å²) in [6.07, 6.45) is 3.65. The number of carbonyl (C=O) groups is 8. The Labute approximate surface area is 305 Å². The Bertz CT molecular complexity index is 1290. The van der Waals surface area contributed by atoms with Crippen LogP contribution in [0.4, 0.5) is 0 Å². The molecule has 1 saturated carbocycles. The van der Waals surface area contributed by atoms with Crippen molar-refractivity contribution in [2.45, 2.75) is 128 Å². The van der Waals surface area contributed by atoms with Gasteiger partial charge in [0, 0.05) is 39.3 Å². The molecule has 6 amide bonds. The zero-order valence-electron chi connectivity index (χ0n) is 30.8. The van der Waals surface area contributed by atoms with E-state index < -0.39 is 90.1 Å². The number of nitrogens with zero attached hydrogens (tertiary/aromatic N) is 1. The third-order valence-corrected chi connectivity index (χ3v) is 9.07. The summed E-state index contributed by atoms with van der Waals surface area (Å²) in [6, 6.07) is -4.90. The van der Waals surface area contributed by atoms with Gasteiger partial charge in [-0.3, -0.25) is 43.8 Å². The summed E-state index contributed by atoms with van der Waals surface area (Å²) in [5, 5.41) is 27.3. The first-order valence-electron chi connectivity index (χ1n) is 17.9. The monoisotopic (exact) mass is 737 g/mol. The lowest BCUT2D eigenvalue weighted by molar-refractivity contribution is -0.148. The molecule has 0 aromatic rings. The minimum absolute atomic E-state index is 0.0203. The average Bonchev–Trinajstić information content (AvgIpc) is 3.05. The molecule has 52 heavy (non-hydrogen) atoms. The van der Waals surface area contributed by atoms with Gasteiger partial charge in [0.05, 0.1) is 12.5 Å². The number of nitrogens with two attached hydrogens (primary N) is 3. The maximum Gasteiger partial charge on any atom is 0.305 e. The van der Waals surface area contributed by atoms with E-state index in [-0.39, 0.29) is 56.4 Å². The fourth-order valence-corrected chi connectivity index (χ4v) is 6.34. The van der Waals surface area contributed by atoms with Crippen molar-refractivity contribution in [3.8, 4) is 0 Å². The zero-order valence-corrected chi connectivity index (χ0v) is 30.8. The molecule has 0 saturated heterocycles. The summed E-state index contributed by atoms with van der Waals surface area (Å²) in [6.45, 7) is 5.11. The quantitative estimate of drug-likeness (QED) is 0.0341. The van der Waals surface area contributed by atoms with Crippen LogP contribution in [0.3, 0.4) is 0 Å². The number of amides is 6. The molecule has 1 rings (SSSR count). The fourth-order valence-electron chi connectivity index (χ4n) is 6.34. The molecule has 0 heterocycles. The maximum atomic E-state index is 14.1. The lowest BCUT2D eigenvalue weighted by Crippen LogP contribution is -2.58. The molecule has 0 aromatic carbocycles. The SMILES string of the molecule is CC(=O)N[C@@H](CCCNC(=N)N)C(=O)C[C@@H](CCC(N)=O)C(=O)N[C@@H](CC1CCCCC1)C(=O)N(C)[C@@H](CC(=O)O)C(=O)N[C@@H](CC(C)C)C(N)=O. The summed E-state index contributed by atoms with van der Waals surface area (Å²) in [5.41, 5.74) is 16.2. The number of carboxylic acid groups (broad SMARTS) is 1. The Kier molecular flexibility index (Phi) is 19.9. The first-order chi connectivity index (χ1) is 24.3. The highest BCUT2D eigenvalue weighted by Crippen LogP contribution is 2.28. The lowest BCUT2D eigenvalue weighted by Gasteiger charge is -2.33. The number of ketones is 1. The van der Waals surface area contributed by atoms with Crippen molar-refractivity contribution in [1.29, 1.82) is 5.41 Å². The van der Waals surface area contributed by atoms with Crippen molar-refractivity contribution in [1.82, 2.24) is 26.2 Å². The van der Waals surface area contributed by atoms with Gasteiger partial charge in [0.2, 0.25) is 35.4 Å². The fraction of sp³-hybridized carbons (Fsp3) is 0.735. The number of carbonyl (C=O) groups excluding carboxylic acids is 7. The van der Waals surface area contributed by atoms with Gasteiger partial charge in [-0.1, -0.05) is 46.0 Å². The van der Waals surface area contributed by atoms with E-state index in [1.807, 2.05) is 13.8 Å². The molecule has 0 spiro atoms. The van der Waals surface area contributed by atoms with E-state index in [2.05, 4.69) is 21.3 Å². The van der Waals surface area contributed by atoms with Crippen LogP contribution in [0.25, 0.3) is 0 Å². The van der Waals surface area contributed by atoms with E-state index >= 15 is 0 Å². The minimum Gasteiger partial charge on any atom is -0.481 e.